The minimum Gasteiger partial charge on any atom is -0.343 e. The molecule has 0 atom stereocenters. The van der Waals surface area contributed by atoms with Crippen molar-refractivity contribution in [3.63, 3.8) is 0 Å². The lowest BCUT2D eigenvalue weighted by Gasteiger charge is -2.37. The van der Waals surface area contributed by atoms with E-state index in [4.69, 9.17) is 0 Å². The van der Waals surface area contributed by atoms with E-state index in [9.17, 15) is 14.4 Å². The number of nitrogens with zero attached hydrogens (tertiary/aromatic N) is 2. The fraction of sp³-hybridized carbons (Fsp3) is 0.591. The van der Waals surface area contributed by atoms with Crippen LogP contribution in [0.1, 0.15) is 57.5 Å². The highest BCUT2D eigenvalue weighted by atomic mass is 16.2. The van der Waals surface area contributed by atoms with Gasteiger partial charge >= 0.3 is 0 Å². The number of amides is 3. The number of nitrogens with one attached hydrogen (secondary N) is 1. The highest BCUT2D eigenvalue weighted by molar-refractivity contribution is 5.96. The van der Waals surface area contributed by atoms with Gasteiger partial charge in [0.2, 0.25) is 11.8 Å². The highest BCUT2D eigenvalue weighted by Crippen LogP contribution is 2.22. The van der Waals surface area contributed by atoms with E-state index < -0.39 is 5.41 Å². The van der Waals surface area contributed by atoms with Crippen molar-refractivity contribution >= 4 is 17.7 Å². The Balaban J connectivity index is 1.83. The topological polar surface area (TPSA) is 69.7 Å². The summed E-state index contributed by atoms with van der Waals surface area (Å²) in [6.07, 6.45) is 0. The number of carbonyl (C=O) groups is 3. The van der Waals surface area contributed by atoms with Gasteiger partial charge in [0.15, 0.2) is 0 Å². The van der Waals surface area contributed by atoms with E-state index in [0.717, 1.165) is 5.56 Å². The molecule has 2 rings (SSSR count). The second-order valence-electron chi connectivity index (χ2n) is 9.43. The molecule has 1 aliphatic heterocycles. The van der Waals surface area contributed by atoms with Gasteiger partial charge in [-0.15, -0.1) is 0 Å². The van der Waals surface area contributed by atoms with Gasteiger partial charge in [0.25, 0.3) is 5.91 Å². The molecule has 154 valence electrons. The summed E-state index contributed by atoms with van der Waals surface area (Å²) in [4.78, 5) is 40.5. The quantitative estimate of drug-likeness (QED) is 0.866. The Hall–Kier alpha value is -2.37. The van der Waals surface area contributed by atoms with Gasteiger partial charge in [-0.2, -0.15) is 0 Å². The van der Waals surface area contributed by atoms with Crippen molar-refractivity contribution in [3.8, 4) is 0 Å². The van der Waals surface area contributed by atoms with E-state index >= 15 is 0 Å². The molecule has 1 fully saturated rings. The first-order chi connectivity index (χ1) is 12.9. The van der Waals surface area contributed by atoms with Crippen LogP contribution in [0.15, 0.2) is 24.3 Å². The van der Waals surface area contributed by atoms with Crippen LogP contribution in [-0.2, 0) is 15.0 Å². The first kappa shape index (κ1) is 21.9. The number of hydrogen-bond acceptors (Lipinski definition) is 3. The van der Waals surface area contributed by atoms with Gasteiger partial charge in [-0.1, -0.05) is 53.7 Å². The van der Waals surface area contributed by atoms with Crippen LogP contribution in [0, 0.1) is 5.41 Å². The van der Waals surface area contributed by atoms with Gasteiger partial charge in [-0.05, 0) is 23.1 Å². The summed E-state index contributed by atoms with van der Waals surface area (Å²) in [5.41, 5.74) is 1.31. The normalized spacial score (nSPS) is 15.4. The molecule has 6 nitrogen and oxygen atoms in total. The van der Waals surface area contributed by atoms with Crippen LogP contribution in [-0.4, -0.2) is 60.2 Å². The molecule has 1 aliphatic rings. The van der Waals surface area contributed by atoms with E-state index in [0.29, 0.717) is 31.7 Å². The summed E-state index contributed by atoms with van der Waals surface area (Å²) in [6, 6.07) is 7.47. The van der Waals surface area contributed by atoms with E-state index in [-0.39, 0.29) is 29.7 Å². The van der Waals surface area contributed by atoms with Crippen LogP contribution in [0.5, 0.6) is 0 Å². The van der Waals surface area contributed by atoms with E-state index in [1.54, 1.807) is 21.9 Å². The Bertz CT molecular complexity index is 719. The largest absolute Gasteiger partial charge is 0.343 e. The Morgan fingerprint density at radius 2 is 1.36 bits per heavy atom. The van der Waals surface area contributed by atoms with E-state index in [1.807, 2.05) is 32.9 Å². The van der Waals surface area contributed by atoms with Crippen molar-refractivity contribution in [2.75, 3.05) is 32.7 Å². The van der Waals surface area contributed by atoms with Crippen LogP contribution in [0.2, 0.25) is 0 Å². The molecule has 1 aromatic rings. The number of benzene rings is 1. The molecule has 3 amide bonds. The zero-order chi connectivity index (χ0) is 21.1. The average molecular weight is 388 g/mol. The minimum atomic E-state index is -0.414. The number of carbonyl (C=O) groups excluding carboxylic acids is 3. The fourth-order valence-corrected chi connectivity index (χ4v) is 3.12. The predicted octanol–water partition coefficient (Wildman–Crippen LogP) is 2.43. The monoisotopic (exact) mass is 387 g/mol. The molecule has 1 saturated heterocycles. The fourth-order valence-electron chi connectivity index (χ4n) is 3.12. The van der Waals surface area contributed by atoms with Gasteiger partial charge < -0.3 is 15.1 Å². The molecule has 0 saturated carbocycles. The molecular formula is C22H33N3O3. The molecule has 1 aromatic carbocycles. The first-order valence-electron chi connectivity index (χ1n) is 9.85. The maximum absolute atomic E-state index is 12.4. The Labute approximate surface area is 168 Å². The summed E-state index contributed by atoms with van der Waals surface area (Å²) in [7, 11) is 0. The lowest BCUT2D eigenvalue weighted by molar-refractivity contribution is -0.144. The average Bonchev–Trinajstić information content (AvgIpc) is 2.64. The van der Waals surface area contributed by atoms with Crippen LogP contribution < -0.4 is 5.32 Å². The third kappa shape index (κ3) is 5.57. The zero-order valence-corrected chi connectivity index (χ0v) is 18.0. The molecule has 0 aliphatic carbocycles. The summed E-state index contributed by atoms with van der Waals surface area (Å²) in [6.45, 7) is 14.1. The van der Waals surface area contributed by atoms with Gasteiger partial charge in [-0.25, -0.2) is 0 Å². The number of rotatable bonds is 3. The SMILES string of the molecule is CC(C)(C)C(=O)N1CCN(C(=O)CNC(=O)c2ccc(C(C)(C)C)cc2)CC1. The summed E-state index contributed by atoms with van der Waals surface area (Å²) >= 11 is 0. The third-order valence-corrected chi connectivity index (χ3v) is 4.97. The lowest BCUT2D eigenvalue weighted by Crippen LogP contribution is -2.54. The molecule has 1 heterocycles. The lowest BCUT2D eigenvalue weighted by atomic mass is 9.87. The van der Waals surface area contributed by atoms with Crippen molar-refractivity contribution in [1.29, 1.82) is 0 Å². The van der Waals surface area contributed by atoms with Crippen molar-refractivity contribution < 1.29 is 14.4 Å². The molecule has 0 bridgehead atoms. The second-order valence-corrected chi connectivity index (χ2v) is 9.43. The first-order valence-corrected chi connectivity index (χ1v) is 9.85. The molecule has 6 heteroatoms. The van der Waals surface area contributed by atoms with E-state index in [1.165, 1.54) is 0 Å². The van der Waals surface area contributed by atoms with Crippen LogP contribution >= 0.6 is 0 Å². The van der Waals surface area contributed by atoms with Crippen molar-refractivity contribution in [2.24, 2.45) is 5.41 Å². The molecule has 1 N–H and O–H groups in total. The molecule has 28 heavy (non-hydrogen) atoms. The van der Waals surface area contributed by atoms with E-state index in [2.05, 4.69) is 26.1 Å². The van der Waals surface area contributed by atoms with Gasteiger partial charge in [0, 0.05) is 37.2 Å². The Morgan fingerprint density at radius 3 is 1.82 bits per heavy atom. The second kappa shape index (κ2) is 8.33. The maximum Gasteiger partial charge on any atom is 0.251 e. The third-order valence-electron chi connectivity index (χ3n) is 4.97. The van der Waals surface area contributed by atoms with Crippen LogP contribution in [0.4, 0.5) is 0 Å². The Kier molecular flexibility index (Phi) is 6.52. The van der Waals surface area contributed by atoms with Gasteiger partial charge in [-0.3, -0.25) is 14.4 Å². The smallest absolute Gasteiger partial charge is 0.251 e. The standard InChI is InChI=1S/C22H33N3O3/c1-21(2,3)17-9-7-16(8-10-17)19(27)23-15-18(26)24-11-13-25(14-12-24)20(28)22(4,5)6/h7-10H,11-15H2,1-6H3,(H,23,27). The van der Waals surface area contributed by atoms with Crippen LogP contribution in [0.3, 0.4) is 0 Å². The highest BCUT2D eigenvalue weighted by Gasteiger charge is 2.30. The zero-order valence-electron chi connectivity index (χ0n) is 18.0. The maximum atomic E-state index is 12.4. The molecule has 0 radical (unpaired) electrons. The summed E-state index contributed by atoms with van der Waals surface area (Å²) in [5, 5.41) is 2.70. The van der Waals surface area contributed by atoms with Gasteiger partial charge in [0.05, 0.1) is 6.54 Å². The molecular weight excluding hydrogens is 354 g/mol. The van der Waals surface area contributed by atoms with Crippen molar-refractivity contribution in [1.82, 2.24) is 15.1 Å². The Morgan fingerprint density at radius 1 is 0.857 bits per heavy atom. The molecule has 0 unspecified atom stereocenters. The van der Waals surface area contributed by atoms with Gasteiger partial charge in [0.1, 0.15) is 0 Å². The predicted molar refractivity (Wildman–Crippen MR) is 110 cm³/mol. The minimum absolute atomic E-state index is 0.0293. The molecule has 0 aromatic heterocycles. The van der Waals surface area contributed by atoms with Crippen molar-refractivity contribution in [2.45, 2.75) is 47.0 Å². The number of hydrogen-bond donors (Lipinski definition) is 1. The summed E-state index contributed by atoms with van der Waals surface area (Å²) < 4.78 is 0. The molecule has 0 spiro atoms. The van der Waals surface area contributed by atoms with Crippen molar-refractivity contribution in [3.05, 3.63) is 35.4 Å². The van der Waals surface area contributed by atoms with Crippen LogP contribution in [0.25, 0.3) is 0 Å². The number of piperazine rings is 1. The summed E-state index contributed by atoms with van der Waals surface area (Å²) in [5.74, 6) is -0.274.